The van der Waals surface area contributed by atoms with Crippen molar-refractivity contribution >= 4 is 17.7 Å². The molecule has 1 N–H and O–H groups in total. The number of amides is 1. The first kappa shape index (κ1) is 19.8. The number of hydrogen-bond acceptors (Lipinski definition) is 3. The molecule has 0 radical (unpaired) electrons. The molecule has 2 aromatic rings. The van der Waals surface area contributed by atoms with Crippen LogP contribution in [0.5, 0.6) is 0 Å². The number of carbonyl (C=O) groups excluding carboxylic acids is 2. The first-order chi connectivity index (χ1) is 13.4. The Morgan fingerprint density at radius 1 is 1.00 bits per heavy atom. The summed E-state index contributed by atoms with van der Waals surface area (Å²) in [6.07, 6.45) is 0.230. The van der Waals surface area contributed by atoms with Gasteiger partial charge in [-0.05, 0) is 31.0 Å². The Balaban J connectivity index is 1.65. The Hall–Kier alpha value is -2.95. The normalized spacial score (nSPS) is 18.9. The smallest absolute Gasteiger partial charge is 0.308 e. The van der Waals surface area contributed by atoms with E-state index in [1.54, 1.807) is 4.90 Å². The van der Waals surface area contributed by atoms with Gasteiger partial charge in [-0.2, -0.15) is 0 Å². The number of carbonyl (C=O) groups is 3. The van der Waals surface area contributed by atoms with E-state index in [0.29, 0.717) is 12.1 Å². The molecule has 0 spiro atoms. The zero-order valence-electron chi connectivity index (χ0n) is 16.2. The predicted molar refractivity (Wildman–Crippen MR) is 106 cm³/mol. The maximum absolute atomic E-state index is 12.7. The summed E-state index contributed by atoms with van der Waals surface area (Å²) in [6.45, 7) is 4.38. The van der Waals surface area contributed by atoms with Gasteiger partial charge in [-0.25, -0.2) is 0 Å². The van der Waals surface area contributed by atoms with Crippen molar-refractivity contribution < 1.29 is 19.5 Å². The van der Waals surface area contributed by atoms with E-state index >= 15 is 0 Å². The van der Waals surface area contributed by atoms with Gasteiger partial charge in [-0.15, -0.1) is 0 Å². The van der Waals surface area contributed by atoms with Crippen molar-refractivity contribution in [2.24, 2.45) is 5.92 Å². The molecule has 2 aromatic carbocycles. The van der Waals surface area contributed by atoms with Crippen molar-refractivity contribution in [3.8, 4) is 0 Å². The molecule has 1 amide bonds. The number of aliphatic carboxylic acids is 1. The van der Waals surface area contributed by atoms with Crippen LogP contribution in [0.25, 0.3) is 0 Å². The lowest BCUT2D eigenvalue weighted by Crippen LogP contribution is -2.30. The fourth-order valence-corrected chi connectivity index (χ4v) is 3.85. The van der Waals surface area contributed by atoms with Gasteiger partial charge in [0.1, 0.15) is 0 Å². The molecule has 1 fully saturated rings. The maximum atomic E-state index is 12.7. The standard InChI is InChI=1S/C23H25NO4/c1-15-8-9-16(2)18(12-15)21(25)10-11-22(26)24-13-19(20(14-24)23(27)28)17-6-4-3-5-7-17/h3-9,12,19-20H,10-11,13-14H2,1-2H3,(H,27,28)/t19-,20-/m0/s1. The predicted octanol–water partition coefficient (Wildman–Crippen LogP) is 3.59. The lowest BCUT2D eigenvalue weighted by Gasteiger charge is -2.16. The molecule has 0 unspecified atom stereocenters. The first-order valence-corrected chi connectivity index (χ1v) is 9.53. The van der Waals surface area contributed by atoms with Crippen LogP contribution in [0.2, 0.25) is 0 Å². The van der Waals surface area contributed by atoms with Crippen LogP contribution >= 0.6 is 0 Å². The Bertz CT molecular complexity index is 891. The molecule has 1 aliphatic rings. The molecule has 28 heavy (non-hydrogen) atoms. The van der Waals surface area contributed by atoms with Crippen LogP contribution in [0.4, 0.5) is 0 Å². The number of hydrogen-bond donors (Lipinski definition) is 1. The molecule has 1 heterocycles. The lowest BCUT2D eigenvalue weighted by atomic mass is 9.89. The van der Waals surface area contributed by atoms with Crippen molar-refractivity contribution in [1.82, 2.24) is 4.90 Å². The highest BCUT2D eigenvalue weighted by Gasteiger charge is 2.40. The molecule has 1 saturated heterocycles. The van der Waals surface area contributed by atoms with E-state index in [1.165, 1.54) is 0 Å². The Morgan fingerprint density at radius 3 is 2.39 bits per heavy atom. The zero-order valence-corrected chi connectivity index (χ0v) is 16.2. The molecule has 0 aromatic heterocycles. The summed E-state index contributed by atoms with van der Waals surface area (Å²) >= 11 is 0. The largest absolute Gasteiger partial charge is 0.481 e. The first-order valence-electron chi connectivity index (χ1n) is 9.53. The number of nitrogens with zero attached hydrogens (tertiary/aromatic N) is 1. The van der Waals surface area contributed by atoms with Gasteiger partial charge in [0.2, 0.25) is 5.91 Å². The third-order valence-corrected chi connectivity index (χ3v) is 5.48. The molecule has 0 bridgehead atoms. The SMILES string of the molecule is Cc1ccc(C)c(C(=O)CCC(=O)N2C[C@H](C(=O)O)[C@H](c3ccccc3)C2)c1. The number of aryl methyl sites for hydroxylation is 2. The van der Waals surface area contributed by atoms with Gasteiger partial charge in [0.05, 0.1) is 5.92 Å². The molecule has 2 atom stereocenters. The van der Waals surface area contributed by atoms with Crippen LogP contribution in [-0.4, -0.2) is 40.8 Å². The van der Waals surface area contributed by atoms with Crippen molar-refractivity contribution in [3.05, 3.63) is 70.8 Å². The number of likely N-dealkylation sites (tertiary alicyclic amines) is 1. The number of ketones is 1. The molecule has 1 aliphatic heterocycles. The van der Waals surface area contributed by atoms with Gasteiger partial charge in [-0.1, -0.05) is 48.0 Å². The number of carboxylic acids is 1. The molecule has 0 aliphatic carbocycles. The molecular formula is C23H25NO4. The third kappa shape index (κ3) is 4.30. The number of Topliss-reactive ketones (excluding diaryl/α,β-unsaturated/α-hetero) is 1. The lowest BCUT2D eigenvalue weighted by molar-refractivity contribution is -0.141. The van der Waals surface area contributed by atoms with Gasteiger partial charge in [0.25, 0.3) is 0 Å². The zero-order chi connectivity index (χ0) is 20.3. The highest BCUT2D eigenvalue weighted by molar-refractivity contribution is 5.99. The molecule has 0 saturated carbocycles. The quantitative estimate of drug-likeness (QED) is 0.779. The Morgan fingerprint density at radius 2 is 1.71 bits per heavy atom. The average Bonchev–Trinajstić information content (AvgIpc) is 3.14. The summed E-state index contributed by atoms with van der Waals surface area (Å²) in [5, 5.41) is 9.58. The monoisotopic (exact) mass is 379 g/mol. The summed E-state index contributed by atoms with van der Waals surface area (Å²) in [7, 11) is 0. The summed E-state index contributed by atoms with van der Waals surface area (Å²) in [6, 6.07) is 15.2. The van der Waals surface area contributed by atoms with Crippen LogP contribution in [0.15, 0.2) is 48.5 Å². The third-order valence-electron chi connectivity index (χ3n) is 5.48. The summed E-state index contributed by atoms with van der Waals surface area (Å²) < 4.78 is 0. The van der Waals surface area contributed by atoms with Crippen molar-refractivity contribution in [3.63, 3.8) is 0 Å². The van der Waals surface area contributed by atoms with Crippen molar-refractivity contribution in [1.29, 1.82) is 0 Å². The summed E-state index contributed by atoms with van der Waals surface area (Å²) in [5.41, 5.74) is 3.49. The minimum absolute atomic E-state index is 0.0526. The van der Waals surface area contributed by atoms with Crippen LogP contribution in [0, 0.1) is 19.8 Å². The van der Waals surface area contributed by atoms with Gasteiger partial charge < -0.3 is 10.0 Å². The van der Waals surface area contributed by atoms with E-state index < -0.39 is 11.9 Å². The highest BCUT2D eigenvalue weighted by atomic mass is 16.4. The molecule has 5 heteroatoms. The number of rotatable bonds is 6. The second kappa shape index (κ2) is 8.38. The number of carboxylic acid groups (broad SMARTS) is 1. The van der Waals surface area contributed by atoms with E-state index in [-0.39, 0.29) is 37.0 Å². The maximum Gasteiger partial charge on any atom is 0.308 e. The second-order valence-corrected chi connectivity index (χ2v) is 7.50. The topological polar surface area (TPSA) is 74.7 Å². The van der Waals surface area contributed by atoms with Gasteiger partial charge in [-0.3, -0.25) is 14.4 Å². The molecular weight excluding hydrogens is 354 g/mol. The highest BCUT2D eigenvalue weighted by Crippen LogP contribution is 2.33. The van der Waals surface area contributed by atoms with E-state index in [0.717, 1.165) is 16.7 Å². The minimum Gasteiger partial charge on any atom is -0.481 e. The summed E-state index contributed by atoms with van der Waals surface area (Å²) in [5.74, 6) is -1.96. The van der Waals surface area contributed by atoms with Crippen LogP contribution in [0.1, 0.15) is 45.8 Å². The van der Waals surface area contributed by atoms with Crippen molar-refractivity contribution in [2.45, 2.75) is 32.6 Å². The van der Waals surface area contributed by atoms with E-state index in [1.807, 2.05) is 62.4 Å². The van der Waals surface area contributed by atoms with Gasteiger partial charge in [0.15, 0.2) is 5.78 Å². The van der Waals surface area contributed by atoms with Crippen LogP contribution < -0.4 is 0 Å². The Kier molecular flexibility index (Phi) is 5.93. The van der Waals surface area contributed by atoms with Crippen molar-refractivity contribution in [2.75, 3.05) is 13.1 Å². The fraction of sp³-hybridized carbons (Fsp3) is 0.348. The van der Waals surface area contributed by atoms with Gasteiger partial charge in [0, 0.05) is 37.4 Å². The van der Waals surface area contributed by atoms with E-state index in [4.69, 9.17) is 0 Å². The Labute approximate surface area is 165 Å². The van der Waals surface area contributed by atoms with E-state index in [9.17, 15) is 19.5 Å². The van der Waals surface area contributed by atoms with E-state index in [2.05, 4.69) is 0 Å². The molecule has 3 rings (SSSR count). The second-order valence-electron chi connectivity index (χ2n) is 7.50. The van der Waals surface area contributed by atoms with Gasteiger partial charge >= 0.3 is 5.97 Å². The molecule has 5 nitrogen and oxygen atoms in total. The van der Waals surface area contributed by atoms with Crippen LogP contribution in [0.3, 0.4) is 0 Å². The summed E-state index contributed by atoms with van der Waals surface area (Å²) in [4.78, 5) is 38.5. The van der Waals surface area contributed by atoms with Crippen LogP contribution in [-0.2, 0) is 9.59 Å². The minimum atomic E-state index is -0.893. The average molecular weight is 379 g/mol. The number of benzene rings is 2. The fourth-order valence-electron chi connectivity index (χ4n) is 3.85. The molecule has 146 valence electrons.